The lowest BCUT2D eigenvalue weighted by Crippen LogP contribution is -2.31. The van der Waals surface area contributed by atoms with Crippen molar-refractivity contribution >= 4 is 5.91 Å². The van der Waals surface area contributed by atoms with Gasteiger partial charge in [0.15, 0.2) is 6.61 Å². The maximum absolute atomic E-state index is 11.3. The molecule has 0 saturated carbocycles. The Morgan fingerprint density at radius 3 is 3.00 bits per heavy atom. The minimum absolute atomic E-state index is 0.00224. The third-order valence-electron chi connectivity index (χ3n) is 2.13. The number of carbonyl (C=O) groups excluding carboxylic acids is 1. The smallest absolute Gasteiger partial charge is 0.258 e. The van der Waals surface area contributed by atoms with E-state index in [-0.39, 0.29) is 12.5 Å². The van der Waals surface area contributed by atoms with E-state index in [2.05, 4.69) is 5.32 Å². The molecule has 0 fully saturated rings. The summed E-state index contributed by atoms with van der Waals surface area (Å²) in [6.45, 7) is 1.44. The Bertz CT molecular complexity index is 355. The van der Waals surface area contributed by atoms with E-state index in [9.17, 15) is 4.79 Å². The monoisotopic (exact) mass is 238 g/mol. The Kier molecular flexibility index (Phi) is 6.06. The molecule has 0 unspecified atom stereocenters. The van der Waals surface area contributed by atoms with Crippen molar-refractivity contribution in [3.63, 3.8) is 0 Å². The highest BCUT2D eigenvalue weighted by Crippen LogP contribution is 2.12. The lowest BCUT2D eigenvalue weighted by Gasteiger charge is -2.08. The summed E-state index contributed by atoms with van der Waals surface area (Å²) in [5, 5.41) is 2.67. The van der Waals surface area contributed by atoms with Crippen molar-refractivity contribution in [2.24, 2.45) is 5.73 Å². The Morgan fingerprint density at radius 1 is 1.47 bits per heavy atom. The fourth-order valence-electron chi connectivity index (χ4n) is 1.25. The molecule has 0 atom stereocenters. The second kappa shape index (κ2) is 7.65. The van der Waals surface area contributed by atoms with Crippen molar-refractivity contribution < 1.29 is 14.3 Å². The van der Waals surface area contributed by atoms with Crippen LogP contribution in [0.2, 0.25) is 0 Å². The number of amides is 1. The van der Waals surface area contributed by atoms with Crippen LogP contribution < -0.4 is 15.8 Å². The quantitative estimate of drug-likeness (QED) is 0.669. The van der Waals surface area contributed by atoms with Crippen LogP contribution in [0.5, 0.6) is 5.75 Å². The zero-order valence-corrected chi connectivity index (χ0v) is 9.94. The lowest BCUT2D eigenvalue weighted by atomic mass is 10.2. The lowest BCUT2D eigenvalue weighted by molar-refractivity contribution is -0.123. The van der Waals surface area contributed by atoms with Crippen molar-refractivity contribution in [3.8, 4) is 5.75 Å². The van der Waals surface area contributed by atoms with E-state index in [4.69, 9.17) is 15.2 Å². The summed E-state index contributed by atoms with van der Waals surface area (Å²) >= 11 is 0. The summed E-state index contributed by atoms with van der Waals surface area (Å²) in [7, 11) is 1.58. The molecule has 0 aromatic heterocycles. The fourth-order valence-corrected chi connectivity index (χ4v) is 1.25. The number of nitrogens with one attached hydrogen (secondary N) is 1. The van der Waals surface area contributed by atoms with E-state index < -0.39 is 0 Å². The fraction of sp³-hybridized carbons (Fsp3) is 0.417. The van der Waals surface area contributed by atoms with E-state index in [1.165, 1.54) is 0 Å². The molecular weight excluding hydrogens is 220 g/mol. The van der Waals surface area contributed by atoms with Gasteiger partial charge in [-0.2, -0.15) is 0 Å². The standard InChI is InChI=1S/C12H18N2O3/c1-16-6-5-14-12(15)9-17-11-4-2-3-10(7-11)8-13/h2-4,7H,5-6,8-9,13H2,1H3,(H,14,15). The van der Waals surface area contributed by atoms with Gasteiger partial charge in [-0.15, -0.1) is 0 Å². The number of ether oxygens (including phenoxy) is 2. The Morgan fingerprint density at radius 2 is 2.29 bits per heavy atom. The number of hydrogen-bond acceptors (Lipinski definition) is 4. The Hall–Kier alpha value is -1.59. The molecule has 5 heteroatoms. The van der Waals surface area contributed by atoms with Gasteiger partial charge in [-0.3, -0.25) is 4.79 Å². The molecule has 0 bridgehead atoms. The van der Waals surface area contributed by atoms with Crippen molar-refractivity contribution in [1.82, 2.24) is 5.32 Å². The van der Waals surface area contributed by atoms with Crippen LogP contribution in [0.1, 0.15) is 5.56 Å². The molecule has 0 spiro atoms. The predicted octanol–water partition coefficient (Wildman–Crippen LogP) is 0.287. The Balaban J connectivity index is 2.31. The molecule has 1 rings (SSSR count). The molecule has 0 aliphatic carbocycles. The minimum atomic E-state index is -0.166. The highest BCUT2D eigenvalue weighted by molar-refractivity contribution is 5.77. The molecule has 94 valence electrons. The van der Waals surface area contributed by atoms with Crippen molar-refractivity contribution in [2.75, 3.05) is 26.9 Å². The van der Waals surface area contributed by atoms with Crippen LogP contribution in [-0.4, -0.2) is 32.8 Å². The van der Waals surface area contributed by atoms with Crippen LogP contribution in [0, 0.1) is 0 Å². The first-order valence-corrected chi connectivity index (χ1v) is 5.43. The van der Waals surface area contributed by atoms with Crippen molar-refractivity contribution in [1.29, 1.82) is 0 Å². The number of carbonyl (C=O) groups is 1. The summed E-state index contributed by atoms with van der Waals surface area (Å²) in [6.07, 6.45) is 0. The summed E-state index contributed by atoms with van der Waals surface area (Å²) < 4.78 is 10.1. The Labute approximate surface area is 101 Å². The molecule has 5 nitrogen and oxygen atoms in total. The van der Waals surface area contributed by atoms with Gasteiger partial charge in [0.25, 0.3) is 5.91 Å². The molecule has 1 aromatic rings. The first-order valence-electron chi connectivity index (χ1n) is 5.43. The number of nitrogens with two attached hydrogens (primary N) is 1. The first-order chi connectivity index (χ1) is 8.26. The maximum Gasteiger partial charge on any atom is 0.258 e. The van der Waals surface area contributed by atoms with Gasteiger partial charge in [0.1, 0.15) is 5.75 Å². The average molecular weight is 238 g/mol. The van der Waals surface area contributed by atoms with Crippen LogP contribution in [-0.2, 0) is 16.1 Å². The molecule has 3 N–H and O–H groups in total. The summed E-state index contributed by atoms with van der Waals surface area (Å²) in [4.78, 5) is 11.3. The molecular formula is C12H18N2O3. The molecule has 0 heterocycles. The zero-order chi connectivity index (χ0) is 12.5. The molecule has 0 aliphatic heterocycles. The van der Waals surface area contributed by atoms with Gasteiger partial charge in [0.2, 0.25) is 0 Å². The van der Waals surface area contributed by atoms with E-state index in [1.807, 2.05) is 18.2 Å². The maximum atomic E-state index is 11.3. The highest BCUT2D eigenvalue weighted by atomic mass is 16.5. The molecule has 0 saturated heterocycles. The largest absolute Gasteiger partial charge is 0.484 e. The SMILES string of the molecule is COCCNC(=O)COc1cccc(CN)c1. The number of benzene rings is 1. The number of hydrogen-bond donors (Lipinski definition) is 2. The zero-order valence-electron chi connectivity index (χ0n) is 9.94. The third kappa shape index (κ3) is 5.33. The van der Waals surface area contributed by atoms with Crippen LogP contribution in [0.15, 0.2) is 24.3 Å². The predicted molar refractivity (Wildman–Crippen MR) is 64.7 cm³/mol. The molecule has 1 amide bonds. The van der Waals surface area contributed by atoms with E-state index in [0.717, 1.165) is 5.56 Å². The van der Waals surface area contributed by atoms with E-state index in [1.54, 1.807) is 13.2 Å². The van der Waals surface area contributed by atoms with Gasteiger partial charge in [-0.05, 0) is 17.7 Å². The van der Waals surface area contributed by atoms with E-state index in [0.29, 0.717) is 25.4 Å². The third-order valence-corrected chi connectivity index (χ3v) is 2.13. The van der Waals surface area contributed by atoms with E-state index >= 15 is 0 Å². The first kappa shape index (κ1) is 13.5. The molecule has 1 aromatic carbocycles. The van der Waals surface area contributed by atoms with Crippen LogP contribution >= 0.6 is 0 Å². The van der Waals surface area contributed by atoms with Gasteiger partial charge in [0.05, 0.1) is 6.61 Å². The van der Waals surface area contributed by atoms with Crippen LogP contribution in [0.4, 0.5) is 0 Å². The van der Waals surface area contributed by atoms with Gasteiger partial charge >= 0.3 is 0 Å². The second-order valence-corrected chi connectivity index (χ2v) is 3.48. The number of rotatable bonds is 7. The summed E-state index contributed by atoms with van der Waals surface area (Å²) in [5.41, 5.74) is 6.48. The minimum Gasteiger partial charge on any atom is -0.484 e. The second-order valence-electron chi connectivity index (χ2n) is 3.48. The van der Waals surface area contributed by atoms with Crippen LogP contribution in [0.25, 0.3) is 0 Å². The van der Waals surface area contributed by atoms with Gasteiger partial charge in [-0.25, -0.2) is 0 Å². The van der Waals surface area contributed by atoms with Gasteiger partial charge < -0.3 is 20.5 Å². The van der Waals surface area contributed by atoms with Gasteiger partial charge in [-0.1, -0.05) is 12.1 Å². The summed E-state index contributed by atoms with van der Waals surface area (Å²) in [5.74, 6) is 0.482. The molecule has 0 aliphatic rings. The number of methoxy groups -OCH3 is 1. The van der Waals surface area contributed by atoms with Crippen molar-refractivity contribution in [2.45, 2.75) is 6.54 Å². The average Bonchev–Trinajstić information content (AvgIpc) is 2.37. The van der Waals surface area contributed by atoms with Gasteiger partial charge in [0, 0.05) is 20.2 Å². The van der Waals surface area contributed by atoms with Crippen molar-refractivity contribution in [3.05, 3.63) is 29.8 Å². The topological polar surface area (TPSA) is 73.6 Å². The van der Waals surface area contributed by atoms with Crippen LogP contribution in [0.3, 0.4) is 0 Å². The highest BCUT2D eigenvalue weighted by Gasteiger charge is 2.02. The molecule has 17 heavy (non-hydrogen) atoms. The summed E-state index contributed by atoms with van der Waals surface area (Å²) in [6, 6.07) is 7.37. The normalized spacial score (nSPS) is 10.0. The molecule has 0 radical (unpaired) electrons.